The molecule has 6 rings (SSSR count). The Kier molecular flexibility index (Phi) is 8.66. The Hall–Kier alpha value is -3.52. The number of likely N-dealkylation sites (N-methyl/N-ethyl adjacent to an activating group) is 1. The maximum atomic E-state index is 13.2. The topological polar surface area (TPSA) is 119 Å². The van der Waals surface area contributed by atoms with Gasteiger partial charge >= 0.3 is 0 Å². The number of hydrogen-bond donors (Lipinski definition) is 2. The number of methoxy groups -OCH3 is 1. The summed E-state index contributed by atoms with van der Waals surface area (Å²) in [5, 5.41) is 6.31. The summed E-state index contributed by atoms with van der Waals surface area (Å²) in [5.41, 5.74) is 2.27. The zero-order valence-corrected chi connectivity index (χ0v) is 25.9. The fraction of sp³-hybridized carbons (Fsp3) is 0.500. The minimum atomic E-state index is -3.66. The van der Waals surface area contributed by atoms with Crippen molar-refractivity contribution in [3.63, 3.8) is 0 Å². The van der Waals surface area contributed by atoms with E-state index in [0.29, 0.717) is 23.4 Å². The van der Waals surface area contributed by atoms with Gasteiger partial charge in [-0.2, -0.15) is 9.29 Å². The molecule has 12 nitrogen and oxygen atoms in total. The third-order valence-electron chi connectivity index (χ3n) is 8.74. The number of nitrogens with one attached hydrogen (secondary N) is 2. The molecule has 13 heteroatoms. The summed E-state index contributed by atoms with van der Waals surface area (Å²) in [5.74, 6) is 1.23. The lowest BCUT2D eigenvalue weighted by Gasteiger charge is -2.42. The van der Waals surface area contributed by atoms with Crippen LogP contribution in [-0.2, 0) is 10.0 Å². The number of piperazine rings is 1. The highest BCUT2D eigenvalue weighted by atomic mass is 32.2. The second-order valence-electron chi connectivity index (χ2n) is 11.6. The molecule has 0 atom stereocenters. The van der Waals surface area contributed by atoms with Crippen molar-refractivity contribution in [2.45, 2.75) is 42.7 Å². The van der Waals surface area contributed by atoms with Crippen LogP contribution in [0.4, 0.5) is 29.0 Å². The molecule has 230 valence electrons. The van der Waals surface area contributed by atoms with Crippen molar-refractivity contribution in [1.82, 2.24) is 29.1 Å². The van der Waals surface area contributed by atoms with Gasteiger partial charge in [-0.15, -0.1) is 0 Å². The number of para-hydroxylation sites is 1. The van der Waals surface area contributed by atoms with Gasteiger partial charge in [0.25, 0.3) is 0 Å². The molecule has 3 heterocycles. The number of benzene rings is 2. The predicted octanol–water partition coefficient (Wildman–Crippen LogP) is 3.37. The number of piperidine rings is 1. The molecule has 1 saturated carbocycles. The molecule has 0 spiro atoms. The molecule has 0 radical (unpaired) electrons. The molecule has 2 aromatic carbocycles. The van der Waals surface area contributed by atoms with Crippen molar-refractivity contribution in [3.8, 4) is 5.75 Å². The van der Waals surface area contributed by atoms with E-state index in [-0.39, 0.29) is 16.9 Å². The Morgan fingerprint density at radius 1 is 0.884 bits per heavy atom. The summed E-state index contributed by atoms with van der Waals surface area (Å²) < 4.78 is 33.7. The molecule has 3 aliphatic rings. The van der Waals surface area contributed by atoms with Gasteiger partial charge in [-0.25, -0.2) is 18.4 Å². The third-order valence-corrected chi connectivity index (χ3v) is 10.7. The smallest absolute Gasteiger partial charge is 0.245 e. The van der Waals surface area contributed by atoms with E-state index in [9.17, 15) is 8.42 Å². The lowest BCUT2D eigenvalue weighted by atomic mass is 10.0. The molecule has 0 amide bonds. The molecule has 0 unspecified atom stereocenters. The van der Waals surface area contributed by atoms with Crippen molar-refractivity contribution in [2.75, 3.05) is 76.0 Å². The summed E-state index contributed by atoms with van der Waals surface area (Å²) in [6.07, 6.45) is 5.47. The number of sulfonamides is 1. The second-order valence-corrected chi connectivity index (χ2v) is 13.5. The van der Waals surface area contributed by atoms with Crippen LogP contribution in [0.15, 0.2) is 53.7 Å². The monoisotopic (exact) mass is 607 g/mol. The van der Waals surface area contributed by atoms with Gasteiger partial charge in [-0.05, 0) is 57.0 Å². The fourth-order valence-electron chi connectivity index (χ4n) is 5.90. The van der Waals surface area contributed by atoms with Gasteiger partial charge in [0.1, 0.15) is 17.0 Å². The van der Waals surface area contributed by atoms with Gasteiger partial charge in [0.05, 0.1) is 18.5 Å². The maximum Gasteiger partial charge on any atom is 0.245 e. The molecule has 3 aromatic rings. The predicted molar refractivity (Wildman–Crippen MR) is 168 cm³/mol. The van der Waals surface area contributed by atoms with Crippen LogP contribution in [0.1, 0.15) is 25.7 Å². The zero-order chi connectivity index (χ0) is 30.0. The first-order valence-electron chi connectivity index (χ1n) is 15.0. The van der Waals surface area contributed by atoms with Crippen LogP contribution in [0, 0.1) is 0 Å². The Bertz CT molecular complexity index is 1520. The average Bonchev–Trinajstić information content (AvgIpc) is 3.88. The van der Waals surface area contributed by atoms with E-state index < -0.39 is 10.0 Å². The van der Waals surface area contributed by atoms with E-state index in [1.807, 2.05) is 6.07 Å². The first-order chi connectivity index (χ1) is 20.8. The lowest BCUT2D eigenvalue weighted by molar-refractivity contribution is 0.0982. The van der Waals surface area contributed by atoms with Crippen molar-refractivity contribution < 1.29 is 13.2 Å². The third kappa shape index (κ3) is 6.69. The van der Waals surface area contributed by atoms with Gasteiger partial charge in [-0.3, -0.25) is 4.90 Å². The number of nitrogens with zero attached hydrogens (tertiary/aromatic N) is 7. The number of ether oxygens (including phenoxy) is 1. The summed E-state index contributed by atoms with van der Waals surface area (Å²) in [4.78, 5) is 20.7. The van der Waals surface area contributed by atoms with Crippen LogP contribution in [0.3, 0.4) is 0 Å². The summed E-state index contributed by atoms with van der Waals surface area (Å²) in [6, 6.07) is 13.6. The SMILES string of the molecule is COc1cc(N2CCC(N3CCN(C)CC3)CC2)ccc1Nc1ncnc(Nc2ccccc2S(=O)(=O)N(C)C2CC2)n1. The zero-order valence-electron chi connectivity index (χ0n) is 25.1. The quantitative estimate of drug-likeness (QED) is 0.353. The molecule has 1 aliphatic carbocycles. The van der Waals surface area contributed by atoms with Gasteiger partial charge in [0.2, 0.25) is 21.9 Å². The fourth-order valence-corrected chi connectivity index (χ4v) is 7.46. The van der Waals surface area contributed by atoms with E-state index in [0.717, 1.165) is 76.3 Å². The normalized spacial score (nSPS) is 19.0. The van der Waals surface area contributed by atoms with E-state index in [1.54, 1.807) is 38.4 Å². The van der Waals surface area contributed by atoms with Crippen LogP contribution >= 0.6 is 0 Å². The molecular weight excluding hydrogens is 566 g/mol. The minimum Gasteiger partial charge on any atom is -0.494 e. The molecule has 2 saturated heterocycles. The minimum absolute atomic E-state index is 0.0568. The number of anilines is 5. The van der Waals surface area contributed by atoms with Crippen molar-refractivity contribution in [3.05, 3.63) is 48.8 Å². The molecule has 3 fully saturated rings. The first-order valence-corrected chi connectivity index (χ1v) is 16.4. The van der Waals surface area contributed by atoms with Crippen LogP contribution in [0.5, 0.6) is 5.75 Å². The van der Waals surface area contributed by atoms with Gasteiger partial charge < -0.3 is 25.2 Å². The molecular formula is C30H41N9O3S. The Labute approximate surface area is 254 Å². The molecule has 2 aliphatic heterocycles. The molecule has 2 N–H and O–H groups in total. The lowest BCUT2D eigenvalue weighted by Crippen LogP contribution is -2.52. The largest absolute Gasteiger partial charge is 0.494 e. The van der Waals surface area contributed by atoms with Gasteiger partial charge in [-0.1, -0.05) is 12.1 Å². The first kappa shape index (κ1) is 29.5. The Morgan fingerprint density at radius 3 is 2.23 bits per heavy atom. The molecule has 1 aromatic heterocycles. The van der Waals surface area contributed by atoms with Crippen molar-refractivity contribution >= 4 is 39.0 Å². The standard InChI is InChI=1S/C30H41N9O3S/c1-36-16-18-39(19-17-36)23-12-14-38(15-13-23)24-10-11-25(27(20-24)42-3)33-29-31-21-32-30(35-29)34-26-6-4-5-7-28(26)43(40,41)37(2)22-8-9-22/h4-7,10-11,20-23H,8-9,12-19H2,1-3H3,(H2,31,32,33,34,35). The maximum absolute atomic E-state index is 13.2. The van der Waals surface area contributed by atoms with Crippen molar-refractivity contribution in [1.29, 1.82) is 0 Å². The number of rotatable bonds is 10. The van der Waals surface area contributed by atoms with Gasteiger partial charge in [0, 0.05) is 70.2 Å². The van der Waals surface area contributed by atoms with Crippen LogP contribution in [-0.4, -0.2) is 110 Å². The van der Waals surface area contributed by atoms with Crippen molar-refractivity contribution in [2.24, 2.45) is 0 Å². The van der Waals surface area contributed by atoms with Gasteiger partial charge in [0.15, 0.2) is 0 Å². The highest BCUT2D eigenvalue weighted by Gasteiger charge is 2.36. The Morgan fingerprint density at radius 2 is 1.56 bits per heavy atom. The van der Waals surface area contributed by atoms with E-state index >= 15 is 0 Å². The number of hydrogen-bond acceptors (Lipinski definition) is 11. The average molecular weight is 608 g/mol. The number of aromatic nitrogens is 3. The highest BCUT2D eigenvalue weighted by Crippen LogP contribution is 2.35. The van der Waals surface area contributed by atoms with Crippen LogP contribution in [0.25, 0.3) is 0 Å². The highest BCUT2D eigenvalue weighted by molar-refractivity contribution is 7.89. The van der Waals surface area contributed by atoms with E-state index in [2.05, 4.69) is 59.5 Å². The summed E-state index contributed by atoms with van der Waals surface area (Å²) in [7, 11) is 1.82. The van der Waals surface area contributed by atoms with Crippen LogP contribution < -0.4 is 20.3 Å². The van der Waals surface area contributed by atoms with Crippen LogP contribution in [0.2, 0.25) is 0 Å². The molecule has 43 heavy (non-hydrogen) atoms. The summed E-state index contributed by atoms with van der Waals surface area (Å²) >= 11 is 0. The second kappa shape index (κ2) is 12.6. The summed E-state index contributed by atoms with van der Waals surface area (Å²) in [6.45, 7) is 6.65. The Balaban J connectivity index is 1.12. The van der Waals surface area contributed by atoms with E-state index in [4.69, 9.17) is 4.74 Å². The van der Waals surface area contributed by atoms with E-state index in [1.165, 1.54) is 10.6 Å². The molecule has 0 bridgehead atoms.